The summed E-state index contributed by atoms with van der Waals surface area (Å²) in [6.45, 7) is 2.07. The van der Waals surface area contributed by atoms with Crippen LogP contribution in [0.4, 0.5) is 0 Å². The molecule has 1 aliphatic carbocycles. The van der Waals surface area contributed by atoms with Crippen LogP contribution in [0.5, 0.6) is 0 Å². The molecule has 1 aromatic heterocycles. The maximum absolute atomic E-state index is 5.46. The summed E-state index contributed by atoms with van der Waals surface area (Å²) in [5.74, 6) is 2.27. The van der Waals surface area contributed by atoms with Crippen molar-refractivity contribution in [2.75, 3.05) is 7.11 Å². The Kier molecular flexibility index (Phi) is 4.36. The van der Waals surface area contributed by atoms with E-state index in [0.717, 1.165) is 24.7 Å². The fraction of sp³-hybridized carbons (Fsp3) is 0.867. The van der Waals surface area contributed by atoms with E-state index < -0.39 is 0 Å². The van der Waals surface area contributed by atoms with Crippen LogP contribution >= 0.6 is 0 Å². The fourth-order valence-electron chi connectivity index (χ4n) is 3.66. The zero-order chi connectivity index (χ0) is 13.9. The molecule has 1 aromatic rings. The zero-order valence-corrected chi connectivity index (χ0v) is 12.5. The summed E-state index contributed by atoms with van der Waals surface area (Å²) in [6, 6.07) is 0.868. The van der Waals surface area contributed by atoms with Gasteiger partial charge in [-0.2, -0.15) is 4.98 Å². The normalized spacial score (nSPS) is 31.8. The van der Waals surface area contributed by atoms with Crippen molar-refractivity contribution in [1.29, 1.82) is 0 Å². The van der Waals surface area contributed by atoms with Crippen molar-refractivity contribution in [3.63, 3.8) is 0 Å². The molecule has 20 heavy (non-hydrogen) atoms. The van der Waals surface area contributed by atoms with E-state index in [-0.39, 0.29) is 12.1 Å². The van der Waals surface area contributed by atoms with Gasteiger partial charge >= 0.3 is 0 Å². The van der Waals surface area contributed by atoms with Crippen LogP contribution in [-0.2, 0) is 4.74 Å². The Morgan fingerprint density at radius 3 is 2.95 bits per heavy atom. The lowest BCUT2D eigenvalue weighted by Gasteiger charge is -2.39. The van der Waals surface area contributed by atoms with Gasteiger partial charge in [-0.05, 0) is 38.0 Å². The second-order valence-electron chi connectivity index (χ2n) is 6.07. The molecule has 0 aromatic carbocycles. The van der Waals surface area contributed by atoms with E-state index >= 15 is 0 Å². The first-order chi connectivity index (χ1) is 9.81. The van der Waals surface area contributed by atoms with E-state index in [1.807, 2.05) is 0 Å². The van der Waals surface area contributed by atoms with E-state index in [0.29, 0.717) is 11.9 Å². The molecule has 1 saturated carbocycles. The van der Waals surface area contributed by atoms with Gasteiger partial charge in [0.05, 0.1) is 6.04 Å². The maximum atomic E-state index is 5.46. The van der Waals surface area contributed by atoms with Gasteiger partial charge < -0.3 is 14.6 Å². The first-order valence-corrected chi connectivity index (χ1v) is 7.94. The van der Waals surface area contributed by atoms with Crippen LogP contribution in [-0.4, -0.2) is 23.3 Å². The summed E-state index contributed by atoms with van der Waals surface area (Å²) in [5, 5.41) is 7.81. The van der Waals surface area contributed by atoms with Gasteiger partial charge in [0, 0.05) is 13.2 Å². The first-order valence-electron chi connectivity index (χ1n) is 7.94. The molecule has 3 rings (SSSR count). The number of methoxy groups -OCH3 is 1. The van der Waals surface area contributed by atoms with Crippen LogP contribution in [0.3, 0.4) is 0 Å². The smallest absolute Gasteiger partial charge is 0.243 e. The lowest BCUT2D eigenvalue weighted by atomic mass is 9.78. The largest absolute Gasteiger partial charge is 0.373 e. The van der Waals surface area contributed by atoms with E-state index in [1.165, 1.54) is 32.1 Å². The summed E-state index contributed by atoms with van der Waals surface area (Å²) in [7, 11) is 1.69. The van der Waals surface area contributed by atoms with Gasteiger partial charge in [-0.1, -0.05) is 24.9 Å². The van der Waals surface area contributed by atoms with Crippen molar-refractivity contribution < 1.29 is 9.26 Å². The van der Waals surface area contributed by atoms with Gasteiger partial charge in [0.1, 0.15) is 6.10 Å². The van der Waals surface area contributed by atoms with Gasteiger partial charge in [-0.15, -0.1) is 0 Å². The molecule has 1 aliphatic heterocycles. The fourth-order valence-corrected chi connectivity index (χ4v) is 3.66. The molecule has 112 valence electrons. The highest BCUT2D eigenvalue weighted by molar-refractivity contribution is 5.00. The number of rotatable bonds is 4. The molecule has 4 atom stereocenters. The summed E-state index contributed by atoms with van der Waals surface area (Å²) in [5.41, 5.74) is 0. The van der Waals surface area contributed by atoms with Crippen molar-refractivity contribution in [2.24, 2.45) is 5.92 Å². The predicted octanol–water partition coefficient (Wildman–Crippen LogP) is 3.15. The van der Waals surface area contributed by atoms with E-state index in [1.54, 1.807) is 7.11 Å². The second kappa shape index (κ2) is 6.22. The highest BCUT2D eigenvalue weighted by atomic mass is 16.5. The lowest BCUT2D eigenvalue weighted by molar-refractivity contribution is 0.0903. The number of ether oxygens (including phenoxy) is 1. The van der Waals surface area contributed by atoms with Gasteiger partial charge in [-0.3, -0.25) is 0 Å². The predicted molar refractivity (Wildman–Crippen MR) is 75.2 cm³/mol. The third-order valence-electron chi connectivity index (χ3n) is 4.85. The summed E-state index contributed by atoms with van der Waals surface area (Å²) < 4.78 is 10.8. The topological polar surface area (TPSA) is 60.2 Å². The molecule has 1 saturated heterocycles. The summed E-state index contributed by atoms with van der Waals surface area (Å²) >= 11 is 0. The van der Waals surface area contributed by atoms with Crippen molar-refractivity contribution in [2.45, 2.75) is 70.1 Å². The number of hydrogen-bond acceptors (Lipinski definition) is 5. The van der Waals surface area contributed by atoms with E-state index in [9.17, 15) is 0 Å². The van der Waals surface area contributed by atoms with Gasteiger partial charge in [0.25, 0.3) is 0 Å². The van der Waals surface area contributed by atoms with Crippen molar-refractivity contribution >= 4 is 0 Å². The first kappa shape index (κ1) is 14.0. The number of nitrogens with zero attached hydrogens (tertiary/aromatic N) is 2. The van der Waals surface area contributed by atoms with Crippen molar-refractivity contribution in [3.8, 4) is 0 Å². The molecule has 5 heteroatoms. The van der Waals surface area contributed by atoms with Crippen LogP contribution in [0.25, 0.3) is 0 Å². The third-order valence-corrected chi connectivity index (χ3v) is 4.85. The number of fused-ring (bicyclic) bond motifs is 1. The standard InChI is InChI=1S/C15H25N3O2/c1-3-13(19-2)14-17-15(20-18-14)12-9-8-10-6-4-5-7-11(10)16-12/h10-13,16H,3-9H2,1-2H3. The Labute approximate surface area is 120 Å². The molecule has 5 nitrogen and oxygen atoms in total. The minimum Gasteiger partial charge on any atom is -0.373 e. The summed E-state index contributed by atoms with van der Waals surface area (Å²) in [4.78, 5) is 4.55. The van der Waals surface area contributed by atoms with Crippen LogP contribution in [0.15, 0.2) is 4.52 Å². The van der Waals surface area contributed by atoms with Gasteiger partial charge in [0.2, 0.25) is 11.7 Å². The monoisotopic (exact) mass is 279 g/mol. The van der Waals surface area contributed by atoms with Crippen LogP contribution in [0.1, 0.15) is 75.7 Å². The van der Waals surface area contributed by atoms with Gasteiger partial charge in [-0.25, -0.2) is 0 Å². The van der Waals surface area contributed by atoms with Crippen LogP contribution in [0, 0.1) is 5.92 Å². The SMILES string of the molecule is CCC(OC)c1noc(C2CCC3CCCCC3N2)n1. The lowest BCUT2D eigenvalue weighted by Crippen LogP contribution is -2.44. The van der Waals surface area contributed by atoms with Crippen molar-refractivity contribution in [1.82, 2.24) is 15.5 Å². The minimum atomic E-state index is -0.0569. The number of hydrogen-bond donors (Lipinski definition) is 1. The number of piperidine rings is 1. The van der Waals surface area contributed by atoms with E-state index in [2.05, 4.69) is 22.4 Å². The molecule has 0 spiro atoms. The molecule has 0 bridgehead atoms. The Morgan fingerprint density at radius 2 is 2.15 bits per heavy atom. The van der Waals surface area contributed by atoms with Crippen LogP contribution in [0.2, 0.25) is 0 Å². The molecule has 4 unspecified atom stereocenters. The number of nitrogens with one attached hydrogen (secondary N) is 1. The molecule has 1 N–H and O–H groups in total. The quantitative estimate of drug-likeness (QED) is 0.917. The van der Waals surface area contributed by atoms with Crippen molar-refractivity contribution in [3.05, 3.63) is 11.7 Å². The highest BCUT2D eigenvalue weighted by Crippen LogP contribution is 2.36. The average molecular weight is 279 g/mol. The third kappa shape index (κ3) is 2.74. The Morgan fingerprint density at radius 1 is 1.30 bits per heavy atom. The Bertz CT molecular complexity index is 431. The highest BCUT2D eigenvalue weighted by Gasteiger charge is 2.34. The maximum Gasteiger partial charge on any atom is 0.243 e. The molecular formula is C15H25N3O2. The second-order valence-corrected chi connectivity index (χ2v) is 6.07. The molecule has 2 heterocycles. The van der Waals surface area contributed by atoms with Crippen LogP contribution < -0.4 is 5.32 Å². The molecule has 0 amide bonds. The Hall–Kier alpha value is -0.940. The number of aromatic nitrogens is 2. The zero-order valence-electron chi connectivity index (χ0n) is 12.5. The van der Waals surface area contributed by atoms with Gasteiger partial charge in [0.15, 0.2) is 0 Å². The molecular weight excluding hydrogens is 254 g/mol. The Balaban J connectivity index is 1.67. The van der Waals surface area contributed by atoms with E-state index in [4.69, 9.17) is 9.26 Å². The average Bonchev–Trinajstić information content (AvgIpc) is 2.98. The minimum absolute atomic E-state index is 0.0569. The summed E-state index contributed by atoms with van der Waals surface area (Å²) in [6.07, 6.45) is 8.59. The molecule has 2 fully saturated rings. The molecule has 0 radical (unpaired) electrons. The molecule has 2 aliphatic rings.